The zero-order valence-electron chi connectivity index (χ0n) is 11.6. The lowest BCUT2D eigenvalue weighted by Crippen LogP contribution is -2.23. The van der Waals surface area contributed by atoms with E-state index < -0.39 is 0 Å². The van der Waals surface area contributed by atoms with Gasteiger partial charge in [0, 0.05) is 18.7 Å². The minimum atomic E-state index is 0. The Morgan fingerprint density at radius 3 is 2.68 bits per heavy atom. The van der Waals surface area contributed by atoms with Crippen molar-refractivity contribution in [3.05, 3.63) is 23.8 Å². The van der Waals surface area contributed by atoms with Gasteiger partial charge in [-0.1, -0.05) is 12.1 Å². The molecular weight excluding hydrogens is 264 g/mol. The molecule has 1 unspecified atom stereocenters. The quantitative estimate of drug-likeness (QED) is 0.898. The molecule has 1 aliphatic rings. The number of hydrogen-bond donors (Lipinski definition) is 1. The van der Waals surface area contributed by atoms with E-state index in [9.17, 15) is 0 Å². The highest BCUT2D eigenvalue weighted by atomic mass is 35.5. The van der Waals surface area contributed by atoms with Gasteiger partial charge in [0.05, 0.1) is 14.2 Å². The van der Waals surface area contributed by atoms with Gasteiger partial charge < -0.3 is 15.2 Å². The molecule has 0 amide bonds. The van der Waals surface area contributed by atoms with Gasteiger partial charge in [-0.15, -0.1) is 12.4 Å². The fourth-order valence-corrected chi connectivity index (χ4v) is 2.57. The summed E-state index contributed by atoms with van der Waals surface area (Å²) in [7, 11) is 3.36. The SMILES string of the molecule is COc1cccc(CN2CCC(CN)C2)c1OC.Cl. The Labute approximate surface area is 121 Å². The summed E-state index contributed by atoms with van der Waals surface area (Å²) in [5.74, 6) is 2.28. The highest BCUT2D eigenvalue weighted by Crippen LogP contribution is 2.32. The van der Waals surface area contributed by atoms with Gasteiger partial charge in [-0.3, -0.25) is 4.90 Å². The number of likely N-dealkylation sites (tertiary alicyclic amines) is 1. The van der Waals surface area contributed by atoms with E-state index in [2.05, 4.69) is 11.0 Å². The summed E-state index contributed by atoms with van der Waals surface area (Å²) in [6.45, 7) is 3.88. The molecule has 0 bridgehead atoms. The maximum Gasteiger partial charge on any atom is 0.165 e. The van der Waals surface area contributed by atoms with Gasteiger partial charge in [0.1, 0.15) is 0 Å². The lowest BCUT2D eigenvalue weighted by Gasteiger charge is -2.19. The molecule has 0 aromatic heterocycles. The number of nitrogens with zero attached hydrogens (tertiary/aromatic N) is 1. The van der Waals surface area contributed by atoms with Gasteiger partial charge in [0.25, 0.3) is 0 Å². The second-order valence-electron chi connectivity index (χ2n) is 4.78. The van der Waals surface area contributed by atoms with Crippen molar-refractivity contribution in [3.8, 4) is 11.5 Å². The molecule has 0 spiro atoms. The van der Waals surface area contributed by atoms with E-state index in [1.54, 1.807) is 14.2 Å². The van der Waals surface area contributed by atoms with Crippen molar-refractivity contribution in [2.24, 2.45) is 11.7 Å². The third-order valence-corrected chi connectivity index (χ3v) is 3.58. The van der Waals surface area contributed by atoms with Crippen LogP contribution in [0.25, 0.3) is 0 Å². The Balaban J connectivity index is 0.00000180. The summed E-state index contributed by atoms with van der Waals surface area (Å²) in [6, 6.07) is 6.03. The van der Waals surface area contributed by atoms with Crippen LogP contribution in [0.15, 0.2) is 18.2 Å². The molecule has 0 saturated carbocycles. The fourth-order valence-electron chi connectivity index (χ4n) is 2.57. The first-order valence-electron chi connectivity index (χ1n) is 6.40. The molecule has 0 aliphatic carbocycles. The Bertz CT molecular complexity index is 401. The second kappa shape index (κ2) is 7.58. The minimum absolute atomic E-state index is 0. The molecule has 1 aliphatic heterocycles. The summed E-state index contributed by atoms with van der Waals surface area (Å²) in [4.78, 5) is 2.43. The molecule has 2 N–H and O–H groups in total. The van der Waals surface area contributed by atoms with Gasteiger partial charge in [-0.25, -0.2) is 0 Å². The molecule has 2 rings (SSSR count). The molecule has 1 fully saturated rings. The van der Waals surface area contributed by atoms with Crippen LogP contribution < -0.4 is 15.2 Å². The van der Waals surface area contributed by atoms with Crippen LogP contribution in [0.5, 0.6) is 11.5 Å². The average Bonchev–Trinajstić information content (AvgIpc) is 2.86. The van der Waals surface area contributed by atoms with E-state index in [4.69, 9.17) is 15.2 Å². The number of nitrogens with two attached hydrogens (primary N) is 1. The smallest absolute Gasteiger partial charge is 0.165 e. The highest BCUT2D eigenvalue weighted by Gasteiger charge is 2.22. The van der Waals surface area contributed by atoms with Crippen molar-refractivity contribution in [1.29, 1.82) is 0 Å². The summed E-state index contributed by atoms with van der Waals surface area (Å²) < 4.78 is 10.8. The van der Waals surface area contributed by atoms with Crippen molar-refractivity contribution in [2.75, 3.05) is 33.9 Å². The monoisotopic (exact) mass is 286 g/mol. The molecule has 1 heterocycles. The maximum atomic E-state index is 5.72. The predicted octanol–water partition coefficient (Wildman–Crippen LogP) is 1.91. The molecule has 5 heteroatoms. The van der Waals surface area contributed by atoms with Crippen LogP contribution in [0.4, 0.5) is 0 Å². The van der Waals surface area contributed by atoms with Crippen molar-refractivity contribution in [2.45, 2.75) is 13.0 Å². The lowest BCUT2D eigenvalue weighted by atomic mass is 10.1. The Kier molecular flexibility index (Phi) is 6.42. The molecule has 1 aromatic rings. The van der Waals surface area contributed by atoms with E-state index in [1.165, 1.54) is 12.0 Å². The van der Waals surface area contributed by atoms with Gasteiger partial charge >= 0.3 is 0 Å². The minimum Gasteiger partial charge on any atom is -0.493 e. The average molecular weight is 287 g/mol. The van der Waals surface area contributed by atoms with Gasteiger partial charge in [-0.05, 0) is 31.5 Å². The van der Waals surface area contributed by atoms with Crippen LogP contribution in [0.2, 0.25) is 0 Å². The highest BCUT2D eigenvalue weighted by molar-refractivity contribution is 5.85. The first-order valence-corrected chi connectivity index (χ1v) is 6.40. The number of hydrogen-bond acceptors (Lipinski definition) is 4. The van der Waals surface area contributed by atoms with Gasteiger partial charge in [-0.2, -0.15) is 0 Å². The molecule has 1 aromatic carbocycles. The summed E-state index contributed by atoms with van der Waals surface area (Å²) >= 11 is 0. The van der Waals surface area contributed by atoms with E-state index in [1.807, 2.05) is 12.1 Å². The second-order valence-corrected chi connectivity index (χ2v) is 4.78. The first kappa shape index (κ1) is 16.1. The van der Waals surface area contributed by atoms with E-state index >= 15 is 0 Å². The summed E-state index contributed by atoms with van der Waals surface area (Å²) in [5, 5.41) is 0. The first-order chi connectivity index (χ1) is 8.78. The van der Waals surface area contributed by atoms with Crippen molar-refractivity contribution in [1.82, 2.24) is 4.90 Å². The van der Waals surface area contributed by atoms with Crippen LogP contribution in [0.3, 0.4) is 0 Å². The number of benzene rings is 1. The van der Waals surface area contributed by atoms with Crippen molar-refractivity contribution in [3.63, 3.8) is 0 Å². The summed E-state index contributed by atoms with van der Waals surface area (Å²) in [6.07, 6.45) is 1.20. The van der Waals surface area contributed by atoms with E-state index in [0.717, 1.165) is 37.7 Å². The Morgan fingerprint density at radius 2 is 2.11 bits per heavy atom. The molecule has 1 atom stereocenters. The fraction of sp³-hybridized carbons (Fsp3) is 0.571. The Morgan fingerprint density at radius 1 is 1.32 bits per heavy atom. The third kappa shape index (κ3) is 3.75. The van der Waals surface area contributed by atoms with Crippen molar-refractivity contribution < 1.29 is 9.47 Å². The van der Waals surface area contributed by atoms with Crippen LogP contribution >= 0.6 is 12.4 Å². The van der Waals surface area contributed by atoms with E-state index in [0.29, 0.717) is 5.92 Å². The molecule has 0 radical (unpaired) electrons. The standard InChI is InChI=1S/C14H22N2O2.ClH/c1-17-13-5-3-4-12(14(13)18-2)10-16-7-6-11(8-15)9-16;/h3-5,11H,6-10,15H2,1-2H3;1H. The zero-order valence-corrected chi connectivity index (χ0v) is 12.4. The molecular formula is C14H23ClN2O2. The van der Waals surface area contributed by atoms with E-state index in [-0.39, 0.29) is 12.4 Å². The number of methoxy groups -OCH3 is 2. The predicted molar refractivity (Wildman–Crippen MR) is 79.2 cm³/mol. The third-order valence-electron chi connectivity index (χ3n) is 3.58. The topological polar surface area (TPSA) is 47.7 Å². The Hall–Kier alpha value is -0.970. The molecule has 19 heavy (non-hydrogen) atoms. The molecule has 4 nitrogen and oxygen atoms in total. The lowest BCUT2D eigenvalue weighted by molar-refractivity contribution is 0.303. The number of halogens is 1. The maximum absolute atomic E-state index is 5.72. The molecule has 108 valence electrons. The summed E-state index contributed by atoms with van der Waals surface area (Å²) in [5.41, 5.74) is 6.90. The van der Waals surface area contributed by atoms with Gasteiger partial charge in [0.2, 0.25) is 0 Å². The number of ether oxygens (including phenoxy) is 2. The normalized spacial score (nSPS) is 19.0. The zero-order chi connectivity index (χ0) is 13.0. The van der Waals surface area contributed by atoms with Crippen LogP contribution in [-0.4, -0.2) is 38.8 Å². The molecule has 1 saturated heterocycles. The van der Waals surface area contributed by atoms with Crippen LogP contribution in [0.1, 0.15) is 12.0 Å². The number of para-hydroxylation sites is 1. The number of rotatable bonds is 5. The largest absolute Gasteiger partial charge is 0.493 e. The van der Waals surface area contributed by atoms with Gasteiger partial charge in [0.15, 0.2) is 11.5 Å². The van der Waals surface area contributed by atoms with Crippen LogP contribution in [0, 0.1) is 5.92 Å². The van der Waals surface area contributed by atoms with Crippen molar-refractivity contribution >= 4 is 12.4 Å². The van der Waals surface area contributed by atoms with Crippen LogP contribution in [-0.2, 0) is 6.54 Å².